The van der Waals surface area contributed by atoms with Crippen LogP contribution in [0.2, 0.25) is 0 Å². The molecule has 1 heterocycles. The maximum absolute atomic E-state index is 5.88. The van der Waals surface area contributed by atoms with Crippen molar-refractivity contribution < 1.29 is 9.47 Å². The molecule has 4 heteroatoms. The summed E-state index contributed by atoms with van der Waals surface area (Å²) in [4.78, 5) is 0. The predicted molar refractivity (Wildman–Crippen MR) is 81.3 cm³/mol. The van der Waals surface area contributed by atoms with E-state index in [2.05, 4.69) is 42.8 Å². The van der Waals surface area contributed by atoms with Gasteiger partial charge in [0, 0.05) is 5.56 Å². The number of rotatable bonds is 4. The summed E-state index contributed by atoms with van der Waals surface area (Å²) in [6, 6.07) is 2.17. The number of hydrogen-bond acceptors (Lipinski definition) is 3. The van der Waals surface area contributed by atoms with Gasteiger partial charge in [0.15, 0.2) is 11.5 Å². The zero-order chi connectivity index (χ0) is 14.0. The number of nitrogens with two attached hydrogens (primary N) is 1. The minimum absolute atomic E-state index is 0.402. The van der Waals surface area contributed by atoms with E-state index >= 15 is 0 Å². The number of ether oxygens (including phenoxy) is 2. The second kappa shape index (κ2) is 6.14. The van der Waals surface area contributed by atoms with E-state index in [-0.39, 0.29) is 0 Å². The average molecular weight is 328 g/mol. The van der Waals surface area contributed by atoms with Gasteiger partial charge in [-0.25, -0.2) is 0 Å². The molecule has 0 fully saturated rings. The first-order chi connectivity index (χ1) is 9.06. The minimum atomic E-state index is 0.402. The van der Waals surface area contributed by atoms with Crippen molar-refractivity contribution >= 4 is 15.9 Å². The Labute approximate surface area is 123 Å². The fraction of sp³-hybridized carbons (Fsp3) is 0.600. The lowest BCUT2D eigenvalue weighted by Crippen LogP contribution is -2.19. The van der Waals surface area contributed by atoms with Crippen molar-refractivity contribution in [1.82, 2.24) is 0 Å². The highest BCUT2D eigenvalue weighted by atomic mass is 79.9. The Kier molecular flexibility index (Phi) is 4.74. The number of halogens is 1. The Morgan fingerprint density at radius 3 is 2.42 bits per heavy atom. The normalized spacial score (nSPS) is 15.7. The van der Waals surface area contributed by atoms with Gasteiger partial charge in [-0.15, -0.1) is 0 Å². The maximum Gasteiger partial charge on any atom is 0.175 e. The smallest absolute Gasteiger partial charge is 0.175 e. The van der Waals surface area contributed by atoms with Crippen LogP contribution in [0.25, 0.3) is 0 Å². The van der Waals surface area contributed by atoms with Gasteiger partial charge in [0.05, 0.1) is 4.47 Å². The Morgan fingerprint density at radius 2 is 1.84 bits per heavy atom. The van der Waals surface area contributed by atoms with Crippen LogP contribution in [0.5, 0.6) is 11.5 Å². The van der Waals surface area contributed by atoms with Crippen molar-refractivity contribution in [2.24, 2.45) is 5.73 Å². The second-order valence-electron chi connectivity index (χ2n) is 5.35. The van der Waals surface area contributed by atoms with Gasteiger partial charge in [-0.05, 0) is 52.4 Å². The SMILES string of the molecule is CC(C)c1c(C(C)CCN)cc(Br)c2c1OCCO2. The molecule has 0 aliphatic carbocycles. The molecule has 0 spiro atoms. The molecule has 0 aromatic heterocycles. The molecule has 3 nitrogen and oxygen atoms in total. The van der Waals surface area contributed by atoms with E-state index in [9.17, 15) is 0 Å². The van der Waals surface area contributed by atoms with Crippen molar-refractivity contribution in [2.45, 2.75) is 39.0 Å². The van der Waals surface area contributed by atoms with E-state index in [4.69, 9.17) is 15.2 Å². The Hall–Kier alpha value is -0.740. The molecular formula is C15H22BrNO2. The van der Waals surface area contributed by atoms with Crippen LogP contribution in [0.3, 0.4) is 0 Å². The zero-order valence-electron chi connectivity index (χ0n) is 11.8. The van der Waals surface area contributed by atoms with E-state index in [1.165, 1.54) is 11.1 Å². The fourth-order valence-corrected chi connectivity index (χ4v) is 3.16. The Bertz CT molecular complexity index is 460. The van der Waals surface area contributed by atoms with Crippen LogP contribution in [0.15, 0.2) is 10.5 Å². The van der Waals surface area contributed by atoms with Gasteiger partial charge < -0.3 is 15.2 Å². The molecule has 0 saturated heterocycles. The summed E-state index contributed by atoms with van der Waals surface area (Å²) in [6.07, 6.45) is 0.978. The van der Waals surface area contributed by atoms with Crippen molar-refractivity contribution in [3.63, 3.8) is 0 Å². The molecule has 2 rings (SSSR count). The van der Waals surface area contributed by atoms with Crippen LogP contribution in [-0.2, 0) is 0 Å². The molecule has 1 atom stereocenters. The fourth-order valence-electron chi connectivity index (χ4n) is 2.62. The molecular weight excluding hydrogens is 306 g/mol. The highest BCUT2D eigenvalue weighted by Crippen LogP contribution is 2.47. The van der Waals surface area contributed by atoms with Gasteiger partial charge in [-0.1, -0.05) is 20.8 Å². The molecule has 1 aliphatic rings. The summed E-state index contributed by atoms with van der Waals surface area (Å²) in [5.74, 6) is 2.58. The van der Waals surface area contributed by atoms with E-state index in [0.29, 0.717) is 31.6 Å². The van der Waals surface area contributed by atoms with Gasteiger partial charge in [0.2, 0.25) is 0 Å². The summed E-state index contributed by atoms with van der Waals surface area (Å²) in [5.41, 5.74) is 8.28. The van der Waals surface area contributed by atoms with Crippen molar-refractivity contribution in [3.8, 4) is 11.5 Å². The van der Waals surface area contributed by atoms with Gasteiger partial charge >= 0.3 is 0 Å². The van der Waals surface area contributed by atoms with Gasteiger partial charge in [0.1, 0.15) is 13.2 Å². The second-order valence-corrected chi connectivity index (χ2v) is 6.20. The first-order valence-corrected chi connectivity index (χ1v) is 7.67. The molecule has 106 valence electrons. The van der Waals surface area contributed by atoms with E-state index < -0.39 is 0 Å². The lowest BCUT2D eigenvalue weighted by atomic mass is 9.87. The largest absolute Gasteiger partial charge is 0.486 e. The summed E-state index contributed by atoms with van der Waals surface area (Å²) in [5, 5.41) is 0. The molecule has 0 saturated carbocycles. The van der Waals surface area contributed by atoms with Crippen LogP contribution in [-0.4, -0.2) is 19.8 Å². The first-order valence-electron chi connectivity index (χ1n) is 6.88. The summed E-state index contributed by atoms with van der Waals surface area (Å²) >= 11 is 3.60. The average Bonchev–Trinajstić information content (AvgIpc) is 2.38. The van der Waals surface area contributed by atoms with Crippen molar-refractivity contribution in [2.75, 3.05) is 19.8 Å². The number of hydrogen-bond donors (Lipinski definition) is 1. The van der Waals surface area contributed by atoms with Crippen molar-refractivity contribution in [1.29, 1.82) is 0 Å². The van der Waals surface area contributed by atoms with Crippen LogP contribution in [0.1, 0.15) is 50.2 Å². The molecule has 1 unspecified atom stereocenters. The third-order valence-corrected chi connectivity index (χ3v) is 4.13. The van der Waals surface area contributed by atoms with E-state index in [1.54, 1.807) is 0 Å². The summed E-state index contributed by atoms with van der Waals surface area (Å²) < 4.78 is 12.6. The minimum Gasteiger partial charge on any atom is -0.486 e. The third kappa shape index (κ3) is 2.90. The first kappa shape index (κ1) is 14.7. The van der Waals surface area contributed by atoms with E-state index in [1.807, 2.05) is 0 Å². The quantitative estimate of drug-likeness (QED) is 0.914. The van der Waals surface area contributed by atoms with Gasteiger partial charge in [0.25, 0.3) is 0 Å². The molecule has 0 amide bonds. The predicted octanol–water partition coefficient (Wildman–Crippen LogP) is 3.80. The lowest BCUT2D eigenvalue weighted by molar-refractivity contribution is 0.168. The Balaban J connectivity index is 2.56. The number of benzene rings is 1. The van der Waals surface area contributed by atoms with Crippen LogP contribution >= 0.6 is 15.9 Å². The van der Waals surface area contributed by atoms with Gasteiger partial charge in [-0.2, -0.15) is 0 Å². The topological polar surface area (TPSA) is 44.5 Å². The zero-order valence-corrected chi connectivity index (χ0v) is 13.4. The monoisotopic (exact) mass is 327 g/mol. The summed E-state index contributed by atoms with van der Waals surface area (Å²) in [6.45, 7) is 8.54. The third-order valence-electron chi connectivity index (χ3n) is 3.55. The molecule has 1 aliphatic heterocycles. The molecule has 2 N–H and O–H groups in total. The van der Waals surface area contributed by atoms with Crippen LogP contribution in [0.4, 0.5) is 0 Å². The maximum atomic E-state index is 5.88. The molecule has 1 aromatic rings. The van der Waals surface area contributed by atoms with E-state index in [0.717, 1.165) is 22.4 Å². The summed E-state index contributed by atoms with van der Waals surface area (Å²) in [7, 11) is 0. The van der Waals surface area contributed by atoms with Crippen molar-refractivity contribution in [3.05, 3.63) is 21.7 Å². The number of fused-ring (bicyclic) bond motifs is 1. The molecule has 1 aromatic carbocycles. The molecule has 0 bridgehead atoms. The highest BCUT2D eigenvalue weighted by molar-refractivity contribution is 9.10. The van der Waals surface area contributed by atoms with Crippen LogP contribution < -0.4 is 15.2 Å². The lowest BCUT2D eigenvalue weighted by Gasteiger charge is -2.28. The molecule has 0 radical (unpaired) electrons. The highest BCUT2D eigenvalue weighted by Gasteiger charge is 2.26. The van der Waals surface area contributed by atoms with Gasteiger partial charge in [-0.3, -0.25) is 0 Å². The molecule has 19 heavy (non-hydrogen) atoms. The van der Waals surface area contributed by atoms with Crippen LogP contribution in [0, 0.1) is 0 Å². The Morgan fingerprint density at radius 1 is 1.21 bits per heavy atom. The standard InChI is InChI=1S/C15H22BrNO2/c1-9(2)13-11(10(3)4-5-17)8-12(16)14-15(13)19-7-6-18-14/h8-10H,4-7,17H2,1-3H3.